The van der Waals surface area contributed by atoms with Gasteiger partial charge in [0.25, 0.3) is 0 Å². The Balaban J connectivity index is 2.06. The molecule has 0 aromatic heterocycles. The molecule has 98 valence electrons. The maximum atomic E-state index is 11.6. The van der Waals surface area contributed by atoms with Gasteiger partial charge in [0.15, 0.2) is 0 Å². The Kier molecular flexibility index (Phi) is 4.95. The van der Waals surface area contributed by atoms with Crippen LogP contribution in [0.4, 0.5) is 5.69 Å². The van der Waals surface area contributed by atoms with Gasteiger partial charge in [0, 0.05) is 22.0 Å². The number of thioether (sulfide) groups is 1. The van der Waals surface area contributed by atoms with Crippen molar-refractivity contribution in [2.75, 3.05) is 23.4 Å². The number of hydrogen-bond donors (Lipinski definition) is 1. The Labute approximate surface area is 120 Å². The van der Waals surface area contributed by atoms with Crippen molar-refractivity contribution >= 4 is 39.3 Å². The van der Waals surface area contributed by atoms with Crippen molar-refractivity contribution < 1.29 is 9.53 Å². The van der Waals surface area contributed by atoms with Crippen molar-refractivity contribution in [3.63, 3.8) is 0 Å². The van der Waals surface area contributed by atoms with Crippen LogP contribution in [0, 0.1) is 0 Å². The Hall–Kier alpha value is -0.680. The van der Waals surface area contributed by atoms with Gasteiger partial charge in [0.2, 0.25) is 0 Å². The molecule has 0 amide bonds. The lowest BCUT2D eigenvalue weighted by atomic mass is 10.2. The second-order valence-electron chi connectivity index (χ2n) is 4.12. The zero-order valence-electron chi connectivity index (χ0n) is 10.2. The van der Waals surface area contributed by atoms with E-state index in [9.17, 15) is 4.79 Å². The van der Waals surface area contributed by atoms with Gasteiger partial charge in [-0.05, 0) is 53.2 Å². The van der Waals surface area contributed by atoms with Gasteiger partial charge in [0.1, 0.15) is 0 Å². The van der Waals surface area contributed by atoms with Gasteiger partial charge in [-0.25, -0.2) is 4.79 Å². The topological polar surface area (TPSA) is 38.3 Å². The first-order valence-electron chi connectivity index (χ1n) is 6.01. The molecule has 1 aliphatic heterocycles. The van der Waals surface area contributed by atoms with E-state index in [1.165, 1.54) is 12.2 Å². The third kappa shape index (κ3) is 3.42. The van der Waals surface area contributed by atoms with Crippen LogP contribution in [0.1, 0.15) is 23.7 Å². The molecule has 18 heavy (non-hydrogen) atoms. The molecule has 1 atom stereocenters. The molecule has 0 aliphatic carbocycles. The number of hydrogen-bond acceptors (Lipinski definition) is 4. The highest BCUT2D eigenvalue weighted by atomic mass is 79.9. The van der Waals surface area contributed by atoms with Crippen molar-refractivity contribution in [1.82, 2.24) is 0 Å². The van der Waals surface area contributed by atoms with E-state index in [1.807, 2.05) is 23.9 Å². The van der Waals surface area contributed by atoms with E-state index in [4.69, 9.17) is 4.74 Å². The van der Waals surface area contributed by atoms with Gasteiger partial charge in [-0.15, -0.1) is 0 Å². The van der Waals surface area contributed by atoms with Crippen LogP contribution in [-0.4, -0.2) is 30.1 Å². The number of benzene rings is 1. The van der Waals surface area contributed by atoms with Crippen molar-refractivity contribution in [3.05, 3.63) is 28.2 Å². The number of anilines is 1. The molecule has 1 N–H and O–H groups in total. The van der Waals surface area contributed by atoms with E-state index in [1.54, 1.807) is 13.0 Å². The number of rotatable bonds is 4. The first-order chi connectivity index (χ1) is 8.70. The number of esters is 1. The average Bonchev–Trinajstić information content (AvgIpc) is 2.85. The van der Waals surface area contributed by atoms with Crippen molar-refractivity contribution in [1.29, 1.82) is 0 Å². The van der Waals surface area contributed by atoms with Crippen molar-refractivity contribution in [3.8, 4) is 0 Å². The molecule has 1 aromatic carbocycles. The van der Waals surface area contributed by atoms with Gasteiger partial charge in [-0.3, -0.25) is 0 Å². The smallest absolute Gasteiger partial charge is 0.338 e. The van der Waals surface area contributed by atoms with E-state index in [-0.39, 0.29) is 5.97 Å². The van der Waals surface area contributed by atoms with E-state index in [0.717, 1.165) is 15.9 Å². The van der Waals surface area contributed by atoms with Gasteiger partial charge >= 0.3 is 5.97 Å². The number of ether oxygens (including phenoxy) is 1. The summed E-state index contributed by atoms with van der Waals surface area (Å²) >= 11 is 5.47. The SMILES string of the molecule is CCOC(=O)c1ccc(NC2CCSC2)c(Br)c1. The molecule has 1 heterocycles. The highest BCUT2D eigenvalue weighted by Crippen LogP contribution is 2.28. The lowest BCUT2D eigenvalue weighted by Gasteiger charge is -2.15. The Bertz CT molecular complexity index is 433. The number of carbonyl (C=O) groups excluding carboxylic acids is 1. The Morgan fingerprint density at radius 2 is 2.44 bits per heavy atom. The van der Waals surface area contributed by atoms with Crippen molar-refractivity contribution in [2.45, 2.75) is 19.4 Å². The fourth-order valence-electron chi connectivity index (χ4n) is 1.84. The fraction of sp³-hybridized carbons (Fsp3) is 0.462. The summed E-state index contributed by atoms with van der Waals surface area (Å²) in [6, 6.07) is 6.06. The minimum Gasteiger partial charge on any atom is -0.462 e. The van der Waals surface area contributed by atoms with Crippen LogP contribution in [0.5, 0.6) is 0 Å². The average molecular weight is 330 g/mol. The van der Waals surface area contributed by atoms with Crippen LogP contribution in [0.25, 0.3) is 0 Å². The summed E-state index contributed by atoms with van der Waals surface area (Å²) in [5.74, 6) is 2.09. The maximum Gasteiger partial charge on any atom is 0.338 e. The largest absolute Gasteiger partial charge is 0.462 e. The molecule has 1 aromatic rings. The van der Waals surface area contributed by atoms with E-state index in [0.29, 0.717) is 18.2 Å². The van der Waals surface area contributed by atoms with Crippen LogP contribution >= 0.6 is 27.7 Å². The molecule has 0 saturated carbocycles. The summed E-state index contributed by atoms with van der Waals surface area (Å²) in [7, 11) is 0. The third-order valence-corrected chi connectivity index (χ3v) is 4.59. The standard InChI is InChI=1S/C13H16BrNO2S/c1-2-17-13(16)9-3-4-12(11(14)7-9)15-10-5-6-18-8-10/h3-4,7,10,15H,2,5-6,8H2,1H3. The molecule has 0 spiro atoms. The molecule has 3 nitrogen and oxygen atoms in total. The third-order valence-electron chi connectivity index (χ3n) is 2.77. The second kappa shape index (κ2) is 6.48. The predicted octanol–water partition coefficient (Wildman–Crippen LogP) is 3.54. The first-order valence-corrected chi connectivity index (χ1v) is 7.96. The maximum absolute atomic E-state index is 11.6. The molecular weight excluding hydrogens is 314 g/mol. The number of carbonyl (C=O) groups is 1. The number of nitrogens with one attached hydrogen (secondary N) is 1. The molecule has 1 unspecified atom stereocenters. The lowest BCUT2D eigenvalue weighted by Crippen LogP contribution is -2.18. The summed E-state index contributed by atoms with van der Waals surface area (Å²) in [4.78, 5) is 11.6. The summed E-state index contributed by atoms with van der Waals surface area (Å²) in [5, 5.41) is 3.49. The summed E-state index contributed by atoms with van der Waals surface area (Å²) in [6.07, 6.45) is 1.19. The van der Waals surface area contributed by atoms with E-state index in [2.05, 4.69) is 21.2 Å². The summed E-state index contributed by atoms with van der Waals surface area (Å²) in [5.41, 5.74) is 1.62. The summed E-state index contributed by atoms with van der Waals surface area (Å²) < 4.78 is 5.88. The second-order valence-corrected chi connectivity index (χ2v) is 6.12. The van der Waals surface area contributed by atoms with E-state index < -0.39 is 0 Å². The molecule has 0 bridgehead atoms. The molecule has 1 aliphatic rings. The van der Waals surface area contributed by atoms with Crippen molar-refractivity contribution in [2.24, 2.45) is 0 Å². The molecule has 0 radical (unpaired) electrons. The predicted molar refractivity (Wildman–Crippen MR) is 79.5 cm³/mol. The molecule has 5 heteroatoms. The van der Waals surface area contributed by atoms with Crippen LogP contribution in [0.3, 0.4) is 0 Å². The minimum absolute atomic E-state index is 0.277. The Morgan fingerprint density at radius 3 is 3.06 bits per heavy atom. The fourth-order valence-corrected chi connectivity index (χ4v) is 3.49. The Morgan fingerprint density at radius 1 is 1.61 bits per heavy atom. The molecular formula is C13H16BrNO2S. The molecule has 1 fully saturated rings. The highest BCUT2D eigenvalue weighted by Gasteiger charge is 2.16. The monoisotopic (exact) mass is 329 g/mol. The van der Waals surface area contributed by atoms with Gasteiger partial charge in [-0.2, -0.15) is 11.8 Å². The molecule has 2 rings (SSSR count). The van der Waals surface area contributed by atoms with Gasteiger partial charge < -0.3 is 10.1 Å². The van der Waals surface area contributed by atoms with Crippen LogP contribution in [-0.2, 0) is 4.74 Å². The van der Waals surface area contributed by atoms with Gasteiger partial charge in [0.05, 0.1) is 12.2 Å². The molecule has 1 saturated heterocycles. The first kappa shape index (κ1) is 13.7. The van der Waals surface area contributed by atoms with Crippen LogP contribution < -0.4 is 5.32 Å². The zero-order valence-corrected chi connectivity index (χ0v) is 12.6. The number of halogens is 1. The van der Waals surface area contributed by atoms with E-state index >= 15 is 0 Å². The van der Waals surface area contributed by atoms with Crippen LogP contribution in [0.15, 0.2) is 22.7 Å². The highest BCUT2D eigenvalue weighted by molar-refractivity contribution is 9.10. The van der Waals surface area contributed by atoms with Gasteiger partial charge in [-0.1, -0.05) is 0 Å². The van der Waals surface area contributed by atoms with Crippen LogP contribution in [0.2, 0.25) is 0 Å². The minimum atomic E-state index is -0.277. The normalized spacial score (nSPS) is 18.7. The quantitative estimate of drug-likeness (QED) is 0.857. The zero-order chi connectivity index (χ0) is 13.0. The summed E-state index contributed by atoms with van der Waals surface area (Å²) in [6.45, 7) is 2.20. The lowest BCUT2D eigenvalue weighted by molar-refractivity contribution is 0.0526.